The van der Waals surface area contributed by atoms with Crippen LogP contribution in [0, 0.1) is 11.3 Å². The van der Waals surface area contributed by atoms with Gasteiger partial charge in [0.25, 0.3) is 5.91 Å². The Morgan fingerprint density at radius 3 is 2.48 bits per heavy atom. The summed E-state index contributed by atoms with van der Waals surface area (Å²) in [5.41, 5.74) is 0.659. The molecule has 1 fully saturated rings. The number of sulfonamides is 1. The Morgan fingerprint density at radius 2 is 1.90 bits per heavy atom. The fraction of sp³-hybridized carbons (Fsp3) is 0.667. The maximum Gasteiger partial charge on any atom is 0.252 e. The van der Waals surface area contributed by atoms with Gasteiger partial charge in [-0.05, 0) is 71.1 Å². The van der Waals surface area contributed by atoms with Gasteiger partial charge in [-0.1, -0.05) is 27.2 Å². The zero-order valence-corrected chi connectivity index (χ0v) is 20.2. The highest BCUT2D eigenvalue weighted by Crippen LogP contribution is 2.40. The van der Waals surface area contributed by atoms with Crippen LogP contribution in [-0.4, -0.2) is 40.6 Å². The molecule has 1 aromatic rings. The monoisotopic (exact) mass is 488 g/mol. The van der Waals surface area contributed by atoms with Crippen LogP contribution in [0.25, 0.3) is 0 Å². The fourth-order valence-electron chi connectivity index (χ4n) is 3.78. The molecule has 1 aliphatic carbocycles. The molecule has 0 saturated heterocycles. The third kappa shape index (κ3) is 6.51. The smallest absolute Gasteiger partial charge is 0.252 e. The van der Waals surface area contributed by atoms with Gasteiger partial charge in [0, 0.05) is 24.2 Å². The van der Waals surface area contributed by atoms with Crippen LogP contribution in [0.3, 0.4) is 0 Å². The van der Waals surface area contributed by atoms with E-state index in [2.05, 4.69) is 46.7 Å². The van der Waals surface area contributed by atoms with Gasteiger partial charge in [-0.25, -0.2) is 13.1 Å². The minimum atomic E-state index is -3.70. The van der Waals surface area contributed by atoms with Gasteiger partial charge in [-0.15, -0.1) is 0 Å². The summed E-state index contributed by atoms with van der Waals surface area (Å²) in [6.07, 6.45) is 5.26. The van der Waals surface area contributed by atoms with E-state index in [-0.39, 0.29) is 30.0 Å². The van der Waals surface area contributed by atoms with Crippen LogP contribution < -0.4 is 10.0 Å². The van der Waals surface area contributed by atoms with Gasteiger partial charge in [-0.3, -0.25) is 4.79 Å². The van der Waals surface area contributed by atoms with Crippen molar-refractivity contribution in [3.63, 3.8) is 0 Å². The van der Waals surface area contributed by atoms with Crippen LogP contribution in [0.5, 0.6) is 0 Å². The lowest BCUT2D eigenvalue weighted by molar-refractivity contribution is 0.0892. The average Bonchev–Trinajstić information content (AvgIpc) is 2.68. The number of carbonyl (C=O) groups excluding carboxylic acids is 1. The number of hydrogen-bond acceptors (Lipinski definition) is 4. The first kappa shape index (κ1) is 24.3. The lowest BCUT2D eigenvalue weighted by Gasteiger charge is -2.39. The second-order valence-corrected chi connectivity index (χ2v) is 11.0. The van der Waals surface area contributed by atoms with Gasteiger partial charge in [0.2, 0.25) is 10.0 Å². The Bertz CT molecular complexity index is 803. The SMILES string of the molecule is CCC(C)(C)C1CCC(NC(=O)c2cc(S(=O)(=O)NCCOC)ccc2Br)CC1. The number of rotatable bonds is 9. The van der Waals surface area contributed by atoms with E-state index in [1.54, 1.807) is 6.07 Å². The molecule has 0 atom stereocenters. The van der Waals surface area contributed by atoms with E-state index in [9.17, 15) is 13.2 Å². The number of halogens is 1. The standard InChI is InChI=1S/C21H33BrN2O4S/c1-5-21(2,3)15-6-8-16(9-7-15)24-20(25)18-14-17(10-11-19(18)22)29(26,27)23-12-13-28-4/h10-11,14-16,23H,5-9,12-13H2,1-4H3,(H,24,25). The quantitative estimate of drug-likeness (QED) is 0.512. The lowest BCUT2D eigenvalue weighted by Crippen LogP contribution is -2.40. The predicted octanol–water partition coefficient (Wildman–Crippen LogP) is 4.10. The number of nitrogens with one attached hydrogen (secondary N) is 2. The van der Waals surface area contributed by atoms with E-state index in [4.69, 9.17) is 4.74 Å². The predicted molar refractivity (Wildman–Crippen MR) is 118 cm³/mol. The molecule has 164 valence electrons. The number of ether oxygens (including phenoxy) is 1. The topological polar surface area (TPSA) is 84.5 Å². The van der Waals surface area contributed by atoms with Gasteiger partial charge in [0.05, 0.1) is 17.1 Å². The summed E-state index contributed by atoms with van der Waals surface area (Å²) in [6.45, 7) is 7.32. The molecule has 2 rings (SSSR count). The van der Waals surface area contributed by atoms with Gasteiger partial charge in [0.15, 0.2) is 0 Å². The molecule has 0 heterocycles. The van der Waals surface area contributed by atoms with Crippen molar-refractivity contribution in [2.24, 2.45) is 11.3 Å². The second-order valence-electron chi connectivity index (χ2n) is 8.40. The van der Waals surface area contributed by atoms with Gasteiger partial charge >= 0.3 is 0 Å². The molecule has 0 spiro atoms. The Kier molecular flexibility index (Phi) is 8.70. The van der Waals surface area contributed by atoms with Crippen molar-refractivity contribution in [2.75, 3.05) is 20.3 Å². The largest absolute Gasteiger partial charge is 0.383 e. The Labute approximate surface area is 183 Å². The van der Waals surface area contributed by atoms with E-state index in [1.807, 2.05) is 0 Å². The normalized spacial score (nSPS) is 20.4. The third-order valence-corrected chi connectivity index (χ3v) is 8.32. The summed E-state index contributed by atoms with van der Waals surface area (Å²) in [5, 5.41) is 3.09. The molecule has 0 aromatic heterocycles. The Balaban J connectivity index is 2.04. The number of methoxy groups -OCH3 is 1. The summed E-state index contributed by atoms with van der Waals surface area (Å²) in [7, 11) is -2.19. The Hall–Kier alpha value is -0.960. The van der Waals surface area contributed by atoms with Crippen LogP contribution in [0.2, 0.25) is 0 Å². The molecule has 1 aliphatic rings. The average molecular weight is 489 g/mol. The molecule has 2 N–H and O–H groups in total. The van der Waals surface area contributed by atoms with Gasteiger partial charge < -0.3 is 10.1 Å². The second kappa shape index (κ2) is 10.4. The summed E-state index contributed by atoms with van der Waals surface area (Å²) < 4.78 is 32.8. The molecule has 0 radical (unpaired) electrons. The summed E-state index contributed by atoms with van der Waals surface area (Å²) in [6, 6.07) is 4.62. The minimum absolute atomic E-state index is 0.0651. The minimum Gasteiger partial charge on any atom is -0.383 e. The maximum absolute atomic E-state index is 12.8. The summed E-state index contributed by atoms with van der Waals surface area (Å²) in [5.74, 6) is 0.433. The number of hydrogen-bond donors (Lipinski definition) is 2. The van der Waals surface area contributed by atoms with E-state index < -0.39 is 10.0 Å². The van der Waals surface area contributed by atoms with E-state index in [0.717, 1.165) is 32.1 Å². The first-order chi connectivity index (χ1) is 13.6. The van der Waals surface area contributed by atoms with Crippen molar-refractivity contribution in [3.05, 3.63) is 28.2 Å². The van der Waals surface area contributed by atoms with Gasteiger partial charge in [0.1, 0.15) is 0 Å². The van der Waals surface area contributed by atoms with Crippen molar-refractivity contribution in [1.82, 2.24) is 10.0 Å². The molecule has 0 aliphatic heterocycles. The Morgan fingerprint density at radius 1 is 1.24 bits per heavy atom. The molecular weight excluding hydrogens is 456 g/mol. The van der Waals surface area contributed by atoms with Gasteiger partial charge in [-0.2, -0.15) is 0 Å². The first-order valence-electron chi connectivity index (χ1n) is 10.2. The van der Waals surface area contributed by atoms with Crippen molar-refractivity contribution in [2.45, 2.75) is 63.8 Å². The molecule has 0 bridgehead atoms. The molecular formula is C21H33BrN2O4S. The number of carbonyl (C=O) groups is 1. The molecule has 29 heavy (non-hydrogen) atoms. The van der Waals surface area contributed by atoms with Crippen LogP contribution in [-0.2, 0) is 14.8 Å². The lowest BCUT2D eigenvalue weighted by atomic mass is 9.69. The molecule has 6 nitrogen and oxygen atoms in total. The fourth-order valence-corrected chi connectivity index (χ4v) is 5.24. The summed E-state index contributed by atoms with van der Waals surface area (Å²) >= 11 is 3.38. The maximum atomic E-state index is 12.8. The zero-order valence-electron chi connectivity index (χ0n) is 17.8. The highest BCUT2D eigenvalue weighted by atomic mass is 79.9. The van der Waals surface area contributed by atoms with Crippen LogP contribution in [0.1, 0.15) is 63.2 Å². The highest BCUT2D eigenvalue weighted by molar-refractivity contribution is 9.10. The van der Waals surface area contributed by atoms with Crippen molar-refractivity contribution >= 4 is 31.9 Å². The van der Waals surface area contributed by atoms with Crippen LogP contribution in [0.4, 0.5) is 0 Å². The van der Waals surface area contributed by atoms with Crippen LogP contribution in [0.15, 0.2) is 27.6 Å². The molecule has 1 saturated carbocycles. The summed E-state index contributed by atoms with van der Waals surface area (Å²) in [4.78, 5) is 12.9. The third-order valence-electron chi connectivity index (χ3n) is 6.17. The van der Waals surface area contributed by atoms with Crippen molar-refractivity contribution in [1.29, 1.82) is 0 Å². The van der Waals surface area contributed by atoms with Crippen molar-refractivity contribution in [3.8, 4) is 0 Å². The van der Waals surface area contributed by atoms with E-state index in [1.165, 1.54) is 19.2 Å². The van der Waals surface area contributed by atoms with E-state index in [0.29, 0.717) is 21.4 Å². The highest BCUT2D eigenvalue weighted by Gasteiger charge is 2.32. The zero-order chi connectivity index (χ0) is 21.7. The van der Waals surface area contributed by atoms with E-state index >= 15 is 0 Å². The molecule has 8 heteroatoms. The van der Waals surface area contributed by atoms with Crippen LogP contribution >= 0.6 is 15.9 Å². The van der Waals surface area contributed by atoms with Crippen molar-refractivity contribution < 1.29 is 17.9 Å². The first-order valence-corrected chi connectivity index (χ1v) is 12.5. The number of amides is 1. The molecule has 1 amide bonds. The number of benzene rings is 1. The molecule has 0 unspecified atom stereocenters. The molecule has 1 aromatic carbocycles.